The number of nitrogens with two attached hydrogens (primary N) is 1. The number of aromatic amines is 1. The molecule has 0 bridgehead atoms. The van der Waals surface area contributed by atoms with Crippen molar-refractivity contribution in [2.24, 2.45) is 5.73 Å². The number of amides is 1. The van der Waals surface area contributed by atoms with Crippen molar-refractivity contribution >= 4 is 23.1 Å². The number of hydrogen-bond acceptors (Lipinski definition) is 5. The molecule has 0 atom stereocenters. The van der Waals surface area contributed by atoms with Gasteiger partial charge in [0.2, 0.25) is 0 Å². The van der Waals surface area contributed by atoms with Gasteiger partial charge in [0.15, 0.2) is 0 Å². The van der Waals surface area contributed by atoms with Crippen LogP contribution in [0.3, 0.4) is 0 Å². The van der Waals surface area contributed by atoms with Crippen LogP contribution >= 0.6 is 11.3 Å². The average molecular weight is 279 g/mol. The molecule has 2 aromatic rings. The van der Waals surface area contributed by atoms with Crippen LogP contribution in [0.4, 0.5) is 5.82 Å². The molecule has 0 aromatic carbocycles. The summed E-state index contributed by atoms with van der Waals surface area (Å²) in [6.45, 7) is 6.91. The molecule has 19 heavy (non-hydrogen) atoms. The maximum atomic E-state index is 11.1. The third-order valence-electron chi connectivity index (χ3n) is 2.54. The molecule has 0 aliphatic heterocycles. The number of rotatable bonds is 4. The second-order valence-electron chi connectivity index (χ2n) is 5.27. The summed E-state index contributed by atoms with van der Waals surface area (Å²) in [5.74, 6) is 0.0164. The van der Waals surface area contributed by atoms with E-state index in [0.29, 0.717) is 17.9 Å². The molecule has 0 unspecified atom stereocenters. The van der Waals surface area contributed by atoms with Crippen LogP contribution in [-0.2, 0) is 12.0 Å². The topological polar surface area (TPSA) is 96.7 Å². The highest BCUT2D eigenvalue weighted by Crippen LogP contribution is 2.25. The maximum absolute atomic E-state index is 11.1. The zero-order chi connectivity index (χ0) is 14.0. The van der Waals surface area contributed by atoms with Crippen molar-refractivity contribution in [1.82, 2.24) is 15.2 Å². The van der Waals surface area contributed by atoms with E-state index >= 15 is 0 Å². The Balaban J connectivity index is 2.05. The average Bonchev–Trinajstić information content (AvgIpc) is 2.94. The summed E-state index contributed by atoms with van der Waals surface area (Å²) in [4.78, 5) is 15.7. The molecule has 0 spiro atoms. The standard InChI is InChI=1S/C12H17N5OS/c1-12(2,3)11-16-7(6-19-11)4-14-10-8(9(13)18)5-15-17-10/h5-6H,4H2,1-3H3,(H2,13,18)(H2,14,15,17). The first-order valence-electron chi connectivity index (χ1n) is 5.90. The van der Waals surface area contributed by atoms with Gasteiger partial charge in [-0.1, -0.05) is 20.8 Å². The van der Waals surface area contributed by atoms with E-state index in [0.717, 1.165) is 10.7 Å². The van der Waals surface area contributed by atoms with E-state index in [9.17, 15) is 4.79 Å². The predicted molar refractivity (Wildman–Crippen MR) is 75.2 cm³/mol. The van der Waals surface area contributed by atoms with E-state index < -0.39 is 5.91 Å². The Morgan fingerprint density at radius 2 is 2.26 bits per heavy atom. The highest BCUT2D eigenvalue weighted by atomic mass is 32.1. The summed E-state index contributed by atoms with van der Waals surface area (Å²) >= 11 is 1.64. The van der Waals surface area contributed by atoms with E-state index in [-0.39, 0.29) is 5.41 Å². The van der Waals surface area contributed by atoms with Crippen LogP contribution in [0.5, 0.6) is 0 Å². The Bertz CT molecular complexity index is 581. The summed E-state index contributed by atoms with van der Waals surface area (Å²) in [6, 6.07) is 0. The van der Waals surface area contributed by atoms with Crippen molar-refractivity contribution in [3.05, 3.63) is 27.8 Å². The summed E-state index contributed by atoms with van der Waals surface area (Å²) in [5.41, 5.74) is 6.57. The van der Waals surface area contributed by atoms with Crippen LogP contribution in [0.25, 0.3) is 0 Å². The smallest absolute Gasteiger partial charge is 0.254 e. The molecular formula is C12H17N5OS. The van der Waals surface area contributed by atoms with E-state index in [2.05, 4.69) is 41.3 Å². The van der Waals surface area contributed by atoms with Crippen LogP contribution in [0.15, 0.2) is 11.6 Å². The van der Waals surface area contributed by atoms with Crippen LogP contribution < -0.4 is 11.1 Å². The molecule has 1 amide bonds. The zero-order valence-corrected chi connectivity index (χ0v) is 12.0. The lowest BCUT2D eigenvalue weighted by Crippen LogP contribution is -2.13. The van der Waals surface area contributed by atoms with E-state index in [1.807, 2.05) is 5.38 Å². The van der Waals surface area contributed by atoms with E-state index in [1.54, 1.807) is 11.3 Å². The van der Waals surface area contributed by atoms with Crippen LogP contribution in [0.1, 0.15) is 41.8 Å². The Morgan fingerprint density at radius 1 is 1.53 bits per heavy atom. The van der Waals surface area contributed by atoms with Crippen LogP contribution in [0.2, 0.25) is 0 Å². The summed E-state index contributed by atoms with van der Waals surface area (Å²) < 4.78 is 0. The number of primary amides is 1. The van der Waals surface area contributed by atoms with Crippen LogP contribution in [-0.4, -0.2) is 21.1 Å². The van der Waals surface area contributed by atoms with Gasteiger partial charge >= 0.3 is 0 Å². The first kappa shape index (κ1) is 13.5. The van der Waals surface area contributed by atoms with Gasteiger partial charge in [-0.15, -0.1) is 11.3 Å². The number of nitrogens with zero attached hydrogens (tertiary/aromatic N) is 2. The number of hydrogen-bond donors (Lipinski definition) is 3. The largest absolute Gasteiger partial charge is 0.365 e. The van der Waals surface area contributed by atoms with Gasteiger partial charge in [-0.2, -0.15) is 5.10 Å². The lowest BCUT2D eigenvalue weighted by molar-refractivity contribution is 0.100. The number of nitrogens with one attached hydrogen (secondary N) is 2. The van der Waals surface area contributed by atoms with Crippen molar-refractivity contribution in [2.75, 3.05) is 5.32 Å². The summed E-state index contributed by atoms with van der Waals surface area (Å²) in [5, 5.41) is 12.7. The van der Waals surface area contributed by atoms with Gasteiger partial charge in [-0.05, 0) is 0 Å². The van der Waals surface area contributed by atoms with Gasteiger partial charge in [-0.25, -0.2) is 4.98 Å². The van der Waals surface area contributed by atoms with Gasteiger partial charge in [-0.3, -0.25) is 9.89 Å². The van der Waals surface area contributed by atoms with Crippen molar-refractivity contribution in [1.29, 1.82) is 0 Å². The predicted octanol–water partition coefficient (Wildman–Crippen LogP) is 1.87. The van der Waals surface area contributed by atoms with Crippen molar-refractivity contribution in [2.45, 2.75) is 32.7 Å². The molecule has 2 heterocycles. The quantitative estimate of drug-likeness (QED) is 0.796. The highest BCUT2D eigenvalue weighted by Gasteiger charge is 2.18. The zero-order valence-electron chi connectivity index (χ0n) is 11.2. The Labute approximate surface area is 115 Å². The third-order valence-corrected chi connectivity index (χ3v) is 3.86. The van der Waals surface area contributed by atoms with Crippen molar-refractivity contribution in [3.63, 3.8) is 0 Å². The normalized spacial score (nSPS) is 11.5. The summed E-state index contributed by atoms with van der Waals surface area (Å²) in [6.07, 6.45) is 1.41. The van der Waals surface area contributed by atoms with Crippen molar-refractivity contribution in [3.8, 4) is 0 Å². The van der Waals surface area contributed by atoms with Gasteiger partial charge in [0.1, 0.15) is 11.4 Å². The Hall–Kier alpha value is -1.89. The van der Waals surface area contributed by atoms with Gasteiger partial charge in [0.05, 0.1) is 23.4 Å². The molecule has 2 aromatic heterocycles. The fourth-order valence-corrected chi connectivity index (χ4v) is 2.43. The molecule has 7 heteroatoms. The number of anilines is 1. The van der Waals surface area contributed by atoms with E-state index in [4.69, 9.17) is 5.73 Å². The fourth-order valence-electron chi connectivity index (χ4n) is 1.52. The lowest BCUT2D eigenvalue weighted by atomic mass is 9.98. The first-order valence-corrected chi connectivity index (χ1v) is 6.78. The SMILES string of the molecule is CC(C)(C)c1nc(CNc2[nH]ncc2C(N)=O)cs1. The first-order chi connectivity index (χ1) is 8.88. The molecule has 0 saturated carbocycles. The summed E-state index contributed by atoms with van der Waals surface area (Å²) in [7, 11) is 0. The van der Waals surface area contributed by atoms with Gasteiger partial charge in [0.25, 0.3) is 5.91 Å². The Morgan fingerprint density at radius 3 is 2.84 bits per heavy atom. The monoisotopic (exact) mass is 279 g/mol. The number of thiazole rings is 1. The minimum atomic E-state index is -0.509. The molecule has 6 nitrogen and oxygen atoms in total. The molecule has 0 saturated heterocycles. The Kier molecular flexibility index (Phi) is 3.57. The van der Waals surface area contributed by atoms with Crippen molar-refractivity contribution < 1.29 is 4.79 Å². The second kappa shape index (κ2) is 5.00. The number of H-pyrrole nitrogens is 1. The van der Waals surface area contributed by atoms with Crippen LogP contribution in [0, 0.1) is 0 Å². The molecule has 0 fully saturated rings. The number of carbonyl (C=O) groups is 1. The minimum Gasteiger partial charge on any atom is -0.365 e. The van der Waals surface area contributed by atoms with E-state index in [1.165, 1.54) is 6.20 Å². The molecule has 102 valence electrons. The number of aromatic nitrogens is 3. The molecule has 0 aliphatic rings. The van der Waals surface area contributed by atoms with Gasteiger partial charge < -0.3 is 11.1 Å². The molecule has 0 radical (unpaired) electrons. The molecule has 2 rings (SSSR count). The highest BCUT2D eigenvalue weighted by molar-refractivity contribution is 7.09. The second-order valence-corrected chi connectivity index (χ2v) is 6.13. The lowest BCUT2D eigenvalue weighted by Gasteiger charge is -2.13. The molecular weight excluding hydrogens is 262 g/mol. The van der Waals surface area contributed by atoms with Gasteiger partial charge in [0, 0.05) is 10.8 Å². The minimum absolute atomic E-state index is 0.0509. The molecule has 0 aliphatic carbocycles. The molecule has 4 N–H and O–H groups in total. The third kappa shape index (κ3) is 3.11. The maximum Gasteiger partial charge on any atom is 0.254 e. The number of carbonyl (C=O) groups excluding carboxylic acids is 1. The fraction of sp³-hybridized carbons (Fsp3) is 0.417.